The lowest BCUT2D eigenvalue weighted by Crippen LogP contribution is -2.23. The first-order valence-corrected chi connectivity index (χ1v) is 11.2. The largest absolute Gasteiger partial charge is 0.468 e. The van der Waals surface area contributed by atoms with Gasteiger partial charge in [0.15, 0.2) is 0 Å². The monoisotopic (exact) mass is 438 g/mol. The zero-order valence-electron chi connectivity index (χ0n) is 17.1. The highest BCUT2D eigenvalue weighted by atomic mass is 32.2. The Morgan fingerprint density at radius 1 is 1.00 bits per heavy atom. The summed E-state index contributed by atoms with van der Waals surface area (Å²) in [5.74, 6) is 0.241. The summed E-state index contributed by atoms with van der Waals surface area (Å²) in [4.78, 5) is 12.6. The van der Waals surface area contributed by atoms with E-state index in [2.05, 4.69) is 10.0 Å². The molecule has 8 heteroatoms. The van der Waals surface area contributed by atoms with Gasteiger partial charge in [0.2, 0.25) is 15.9 Å². The Kier molecular flexibility index (Phi) is 5.67. The van der Waals surface area contributed by atoms with Gasteiger partial charge in [-0.05, 0) is 67.4 Å². The molecule has 0 aliphatic heterocycles. The molecule has 2 aromatic carbocycles. The Bertz CT molecular complexity index is 1340. The van der Waals surface area contributed by atoms with Crippen LogP contribution >= 0.6 is 0 Å². The van der Waals surface area contributed by atoms with E-state index in [-0.39, 0.29) is 23.8 Å². The number of fused-ring (bicyclic) bond motifs is 1. The number of carbonyl (C=O) groups excluding carboxylic acids is 1. The number of benzene rings is 2. The minimum absolute atomic E-state index is 0.0401. The maximum Gasteiger partial charge on any atom is 0.241 e. The van der Waals surface area contributed by atoms with Gasteiger partial charge in [0, 0.05) is 16.6 Å². The molecule has 0 spiro atoms. The predicted octanol–water partition coefficient (Wildman–Crippen LogP) is 4.30. The fourth-order valence-electron chi connectivity index (χ4n) is 3.25. The first-order chi connectivity index (χ1) is 14.8. The number of anilines is 1. The van der Waals surface area contributed by atoms with E-state index in [0.717, 1.165) is 27.7 Å². The number of hydrogen-bond acceptors (Lipinski definition) is 5. The average Bonchev–Trinajstić information content (AvgIpc) is 3.38. The fraction of sp³-hybridized carbons (Fsp3) is 0.174. The maximum absolute atomic E-state index is 12.6. The highest BCUT2D eigenvalue weighted by molar-refractivity contribution is 7.89. The predicted molar refractivity (Wildman–Crippen MR) is 117 cm³/mol. The highest BCUT2D eigenvalue weighted by Gasteiger charge is 2.16. The summed E-state index contributed by atoms with van der Waals surface area (Å²) in [7, 11) is -3.76. The standard InChI is InChI=1S/C23H22N2O5S/c1-15-9-21-17(14-30-22(21)10-16(15)2)11-23(26)25-18-5-3-7-20(12-18)31(27,28)24-13-19-6-4-8-29-19/h3-10,12,14,24H,11,13H2,1-2H3,(H,25,26). The van der Waals surface area contributed by atoms with Crippen molar-refractivity contribution in [1.29, 1.82) is 0 Å². The lowest BCUT2D eigenvalue weighted by molar-refractivity contribution is -0.115. The molecule has 160 valence electrons. The van der Waals surface area contributed by atoms with E-state index >= 15 is 0 Å². The molecule has 4 rings (SSSR count). The van der Waals surface area contributed by atoms with Crippen LogP contribution in [0.3, 0.4) is 0 Å². The zero-order valence-corrected chi connectivity index (χ0v) is 18.0. The van der Waals surface area contributed by atoms with Crippen LogP contribution in [0.5, 0.6) is 0 Å². The van der Waals surface area contributed by atoms with Gasteiger partial charge in [-0.3, -0.25) is 4.79 Å². The molecule has 2 N–H and O–H groups in total. The molecule has 4 aromatic rings. The topological polar surface area (TPSA) is 102 Å². The van der Waals surface area contributed by atoms with Gasteiger partial charge in [-0.25, -0.2) is 13.1 Å². The number of amides is 1. The smallest absolute Gasteiger partial charge is 0.241 e. The second-order valence-corrected chi connectivity index (χ2v) is 9.12. The molecule has 2 heterocycles. The van der Waals surface area contributed by atoms with Gasteiger partial charge in [0.25, 0.3) is 0 Å². The van der Waals surface area contributed by atoms with Gasteiger partial charge in [-0.15, -0.1) is 0 Å². The van der Waals surface area contributed by atoms with E-state index in [9.17, 15) is 13.2 Å². The SMILES string of the molecule is Cc1cc2occ(CC(=O)Nc3cccc(S(=O)(=O)NCc4ccco4)c3)c2cc1C. The van der Waals surface area contributed by atoms with Crippen molar-refractivity contribution in [3.05, 3.63) is 83.5 Å². The van der Waals surface area contributed by atoms with Gasteiger partial charge < -0.3 is 14.2 Å². The van der Waals surface area contributed by atoms with Crippen LogP contribution in [-0.4, -0.2) is 14.3 Å². The summed E-state index contributed by atoms with van der Waals surface area (Å²) in [5, 5.41) is 3.66. The van der Waals surface area contributed by atoms with E-state index < -0.39 is 10.0 Å². The van der Waals surface area contributed by atoms with Gasteiger partial charge >= 0.3 is 0 Å². The third kappa shape index (κ3) is 4.70. The van der Waals surface area contributed by atoms with Crippen molar-refractivity contribution in [2.45, 2.75) is 31.7 Å². The van der Waals surface area contributed by atoms with Crippen molar-refractivity contribution < 1.29 is 22.0 Å². The lowest BCUT2D eigenvalue weighted by Gasteiger charge is -2.09. The van der Waals surface area contributed by atoms with E-state index in [4.69, 9.17) is 8.83 Å². The van der Waals surface area contributed by atoms with E-state index in [1.807, 2.05) is 26.0 Å². The third-order valence-corrected chi connectivity index (χ3v) is 6.46. The number of furan rings is 2. The fourth-order valence-corrected chi connectivity index (χ4v) is 4.29. The Morgan fingerprint density at radius 3 is 2.58 bits per heavy atom. The van der Waals surface area contributed by atoms with Crippen LogP contribution in [0.1, 0.15) is 22.5 Å². The van der Waals surface area contributed by atoms with Crippen molar-refractivity contribution in [3.8, 4) is 0 Å². The Morgan fingerprint density at radius 2 is 1.81 bits per heavy atom. The zero-order chi connectivity index (χ0) is 22.0. The molecule has 0 atom stereocenters. The summed E-state index contributed by atoms with van der Waals surface area (Å²) >= 11 is 0. The molecular formula is C23H22N2O5S. The van der Waals surface area contributed by atoms with Crippen molar-refractivity contribution in [1.82, 2.24) is 4.72 Å². The molecule has 0 saturated carbocycles. The Labute approximate surface area is 180 Å². The highest BCUT2D eigenvalue weighted by Crippen LogP contribution is 2.25. The number of carbonyl (C=O) groups is 1. The second-order valence-electron chi connectivity index (χ2n) is 7.35. The van der Waals surface area contributed by atoms with Crippen LogP contribution in [-0.2, 0) is 27.8 Å². The number of sulfonamides is 1. The van der Waals surface area contributed by atoms with Gasteiger partial charge in [0.1, 0.15) is 11.3 Å². The van der Waals surface area contributed by atoms with Crippen LogP contribution in [0.4, 0.5) is 5.69 Å². The molecule has 0 bridgehead atoms. The molecule has 0 aliphatic carbocycles. The van der Waals surface area contributed by atoms with Crippen LogP contribution < -0.4 is 10.0 Å². The first kappa shape index (κ1) is 20.9. The minimum Gasteiger partial charge on any atom is -0.468 e. The summed E-state index contributed by atoms with van der Waals surface area (Å²) in [6.07, 6.45) is 3.18. The van der Waals surface area contributed by atoms with E-state index in [1.165, 1.54) is 18.4 Å². The lowest BCUT2D eigenvalue weighted by atomic mass is 10.0. The number of hydrogen-bond donors (Lipinski definition) is 2. The van der Waals surface area contributed by atoms with Crippen molar-refractivity contribution in [3.63, 3.8) is 0 Å². The molecule has 0 radical (unpaired) electrons. The molecule has 31 heavy (non-hydrogen) atoms. The molecule has 0 saturated heterocycles. The van der Waals surface area contributed by atoms with Crippen molar-refractivity contribution in [2.24, 2.45) is 0 Å². The number of nitrogens with one attached hydrogen (secondary N) is 2. The second kappa shape index (κ2) is 8.41. The summed E-state index contributed by atoms with van der Waals surface area (Å²) in [6.45, 7) is 4.06. The van der Waals surface area contributed by atoms with E-state index in [1.54, 1.807) is 30.5 Å². The molecule has 1 amide bonds. The Hall–Kier alpha value is -3.36. The molecule has 0 unspecified atom stereocenters. The molecule has 7 nitrogen and oxygen atoms in total. The van der Waals surface area contributed by atoms with Crippen LogP contribution in [0.25, 0.3) is 11.0 Å². The first-order valence-electron chi connectivity index (χ1n) is 9.71. The third-order valence-electron chi connectivity index (χ3n) is 5.07. The summed E-state index contributed by atoms with van der Waals surface area (Å²) in [6, 6.07) is 13.4. The Balaban J connectivity index is 1.46. The number of rotatable bonds is 7. The molecule has 0 aliphatic rings. The van der Waals surface area contributed by atoms with Crippen molar-refractivity contribution in [2.75, 3.05) is 5.32 Å². The minimum atomic E-state index is -3.76. The quantitative estimate of drug-likeness (QED) is 0.448. The molecule has 2 aromatic heterocycles. The van der Waals surface area contributed by atoms with Gasteiger partial charge in [0.05, 0.1) is 30.4 Å². The normalized spacial score (nSPS) is 11.7. The molecule has 0 fully saturated rings. The van der Waals surface area contributed by atoms with Gasteiger partial charge in [-0.1, -0.05) is 6.07 Å². The average molecular weight is 439 g/mol. The van der Waals surface area contributed by atoms with E-state index in [0.29, 0.717) is 11.4 Å². The van der Waals surface area contributed by atoms with Crippen LogP contribution in [0, 0.1) is 13.8 Å². The van der Waals surface area contributed by atoms with Crippen LogP contribution in [0.2, 0.25) is 0 Å². The van der Waals surface area contributed by atoms with Crippen LogP contribution in [0.15, 0.2) is 74.8 Å². The molecular weight excluding hydrogens is 416 g/mol. The maximum atomic E-state index is 12.6. The summed E-state index contributed by atoms with van der Waals surface area (Å²) < 4.78 is 38.3. The van der Waals surface area contributed by atoms with Gasteiger partial charge in [-0.2, -0.15) is 0 Å². The summed E-state index contributed by atoms with van der Waals surface area (Å²) in [5.41, 5.74) is 4.15. The van der Waals surface area contributed by atoms with Crippen molar-refractivity contribution >= 4 is 32.6 Å². The number of aryl methyl sites for hydroxylation is 2.